The lowest BCUT2D eigenvalue weighted by molar-refractivity contribution is -0.136. The number of hydrogen-bond donors (Lipinski definition) is 3. The molecule has 27 heavy (non-hydrogen) atoms. The maximum absolute atomic E-state index is 13.2. The highest BCUT2D eigenvalue weighted by Gasteiger charge is 2.33. The average Bonchev–Trinajstić information content (AvgIpc) is 3.01. The molecule has 0 bridgehead atoms. The normalized spacial score (nSPS) is 14.9. The molecule has 1 aliphatic rings. The van der Waals surface area contributed by atoms with Gasteiger partial charge in [0.15, 0.2) is 0 Å². The molecule has 3 N–H and O–H groups in total. The Morgan fingerprint density at radius 2 is 1.93 bits per heavy atom. The molecule has 0 amide bonds. The van der Waals surface area contributed by atoms with Crippen LogP contribution in [0.3, 0.4) is 0 Å². The summed E-state index contributed by atoms with van der Waals surface area (Å²) in [5, 5.41) is 11.8. The third-order valence-corrected chi connectivity index (χ3v) is 3.96. The van der Waals surface area contributed by atoms with E-state index in [1.807, 2.05) is 0 Å². The Hall–Kier alpha value is -1.75. The van der Waals surface area contributed by atoms with E-state index in [0.29, 0.717) is 13.1 Å². The topological polar surface area (TPSA) is 86.2 Å². The minimum absolute atomic E-state index is 0. The Kier molecular flexibility index (Phi) is 8.60. The number of aromatic amines is 1. The van der Waals surface area contributed by atoms with Crippen molar-refractivity contribution in [2.45, 2.75) is 6.18 Å². The fraction of sp³-hybridized carbons (Fsp3) is 0.467. The highest BCUT2D eigenvalue weighted by Crippen LogP contribution is 2.36. The van der Waals surface area contributed by atoms with E-state index in [4.69, 9.17) is 4.42 Å². The molecule has 1 fully saturated rings. The predicted molar refractivity (Wildman–Crippen MR) is 99.9 cm³/mol. The molecule has 1 aromatic carbocycles. The summed E-state index contributed by atoms with van der Waals surface area (Å²) in [6, 6.07) is 3.47. The van der Waals surface area contributed by atoms with Crippen molar-refractivity contribution in [2.24, 2.45) is 0 Å². The first kappa shape index (κ1) is 23.3. The predicted octanol–water partition coefficient (Wildman–Crippen LogP) is 2.21. The Morgan fingerprint density at radius 1 is 1.22 bits per heavy atom. The van der Waals surface area contributed by atoms with Crippen LogP contribution in [0.1, 0.15) is 5.56 Å². The number of nitrogens with zero attached hydrogens (tertiary/aromatic N) is 2. The lowest BCUT2D eigenvalue weighted by Gasteiger charge is -2.27. The van der Waals surface area contributed by atoms with Crippen LogP contribution in [0.4, 0.5) is 18.9 Å². The van der Waals surface area contributed by atoms with Crippen molar-refractivity contribution >= 4 is 30.5 Å². The van der Waals surface area contributed by atoms with E-state index in [0.717, 1.165) is 32.2 Å². The van der Waals surface area contributed by atoms with Crippen molar-refractivity contribution < 1.29 is 17.6 Å². The van der Waals surface area contributed by atoms with Gasteiger partial charge in [0, 0.05) is 50.5 Å². The van der Waals surface area contributed by atoms with Gasteiger partial charge < -0.3 is 15.1 Å². The Labute approximate surface area is 165 Å². The average molecular weight is 430 g/mol. The van der Waals surface area contributed by atoms with Crippen molar-refractivity contribution in [3.05, 3.63) is 34.3 Å². The quantitative estimate of drug-likeness (QED) is 0.675. The maximum Gasteiger partial charge on any atom is 0.434 e. The summed E-state index contributed by atoms with van der Waals surface area (Å²) in [5.41, 5.74) is -0.545. The van der Waals surface area contributed by atoms with E-state index >= 15 is 0 Å². The summed E-state index contributed by atoms with van der Waals surface area (Å²) in [5.74, 6) is -0.813. The van der Waals surface area contributed by atoms with Gasteiger partial charge in [0.05, 0.1) is 5.56 Å². The minimum Gasteiger partial charge on any atom is -0.388 e. The van der Waals surface area contributed by atoms with E-state index in [1.165, 1.54) is 12.1 Å². The molecule has 0 saturated carbocycles. The van der Waals surface area contributed by atoms with E-state index in [1.54, 1.807) is 0 Å². The fourth-order valence-corrected chi connectivity index (χ4v) is 2.71. The standard InChI is InChI=1S/C15H18F3N5O2.2ClH/c16-15(17,18)11-2-1-10(13-21-22-14(24)25-13)9-12(11)20-5-8-23-6-3-19-4-7-23;;/h1-2,9,19-20H,3-8H2,(H,22,24);2*1H. The van der Waals surface area contributed by atoms with Gasteiger partial charge in [-0.1, -0.05) is 0 Å². The monoisotopic (exact) mass is 429 g/mol. The van der Waals surface area contributed by atoms with Crippen LogP contribution in [0.2, 0.25) is 0 Å². The zero-order valence-corrected chi connectivity index (χ0v) is 15.8. The van der Waals surface area contributed by atoms with Crippen LogP contribution in [0.5, 0.6) is 0 Å². The summed E-state index contributed by atoms with van der Waals surface area (Å²) in [7, 11) is 0. The molecule has 0 spiro atoms. The zero-order valence-electron chi connectivity index (χ0n) is 14.1. The maximum atomic E-state index is 13.2. The molecule has 0 atom stereocenters. The molecule has 7 nitrogen and oxygen atoms in total. The van der Waals surface area contributed by atoms with Crippen molar-refractivity contribution in [1.82, 2.24) is 20.4 Å². The summed E-state index contributed by atoms with van der Waals surface area (Å²) in [6.07, 6.45) is -4.48. The van der Waals surface area contributed by atoms with Gasteiger partial charge in [-0.3, -0.25) is 4.90 Å². The molecule has 12 heteroatoms. The van der Waals surface area contributed by atoms with E-state index in [9.17, 15) is 18.0 Å². The second-order valence-corrected chi connectivity index (χ2v) is 5.69. The van der Waals surface area contributed by atoms with Gasteiger partial charge in [0.1, 0.15) is 0 Å². The molecule has 3 rings (SSSR count). The van der Waals surface area contributed by atoms with Gasteiger partial charge in [-0.15, -0.1) is 29.9 Å². The van der Waals surface area contributed by atoms with E-state index in [-0.39, 0.29) is 42.0 Å². The number of piperazine rings is 1. The summed E-state index contributed by atoms with van der Waals surface area (Å²) < 4.78 is 44.4. The van der Waals surface area contributed by atoms with E-state index in [2.05, 4.69) is 25.7 Å². The smallest absolute Gasteiger partial charge is 0.388 e. The van der Waals surface area contributed by atoms with Crippen LogP contribution in [-0.2, 0) is 6.18 Å². The highest BCUT2D eigenvalue weighted by molar-refractivity contribution is 5.85. The van der Waals surface area contributed by atoms with Crippen LogP contribution in [-0.4, -0.2) is 54.4 Å². The van der Waals surface area contributed by atoms with Gasteiger partial charge in [-0.25, -0.2) is 9.89 Å². The van der Waals surface area contributed by atoms with Crippen LogP contribution >= 0.6 is 24.8 Å². The summed E-state index contributed by atoms with van der Waals surface area (Å²) >= 11 is 0. The largest absolute Gasteiger partial charge is 0.434 e. The second-order valence-electron chi connectivity index (χ2n) is 5.69. The number of halogens is 5. The third-order valence-electron chi connectivity index (χ3n) is 3.96. The molecule has 0 aliphatic carbocycles. The molecular weight excluding hydrogens is 410 g/mol. The first-order chi connectivity index (χ1) is 11.9. The fourth-order valence-electron chi connectivity index (χ4n) is 2.71. The molecule has 2 aromatic rings. The second kappa shape index (κ2) is 9.98. The first-order valence-corrected chi connectivity index (χ1v) is 7.87. The lowest BCUT2D eigenvalue weighted by atomic mass is 10.1. The molecule has 1 aromatic heterocycles. The Bertz CT molecular complexity index is 775. The molecule has 1 aliphatic heterocycles. The highest BCUT2D eigenvalue weighted by atomic mass is 35.5. The number of H-pyrrole nitrogens is 1. The third kappa shape index (κ3) is 6.13. The number of rotatable bonds is 5. The lowest BCUT2D eigenvalue weighted by Crippen LogP contribution is -2.45. The van der Waals surface area contributed by atoms with Crippen molar-refractivity contribution in [1.29, 1.82) is 0 Å². The molecular formula is C15H20Cl2F3N5O2. The molecule has 0 radical (unpaired) electrons. The van der Waals surface area contributed by atoms with Crippen LogP contribution in [0, 0.1) is 0 Å². The van der Waals surface area contributed by atoms with Crippen LogP contribution < -0.4 is 16.4 Å². The van der Waals surface area contributed by atoms with Crippen molar-refractivity contribution in [2.75, 3.05) is 44.6 Å². The first-order valence-electron chi connectivity index (χ1n) is 7.87. The molecule has 152 valence electrons. The zero-order chi connectivity index (χ0) is 17.9. The van der Waals surface area contributed by atoms with Crippen molar-refractivity contribution in [3.63, 3.8) is 0 Å². The number of benzene rings is 1. The van der Waals surface area contributed by atoms with Crippen molar-refractivity contribution in [3.8, 4) is 11.5 Å². The number of hydrogen-bond acceptors (Lipinski definition) is 6. The van der Waals surface area contributed by atoms with Gasteiger partial charge in [0.2, 0.25) is 5.89 Å². The van der Waals surface area contributed by atoms with Gasteiger partial charge in [-0.2, -0.15) is 13.2 Å². The number of anilines is 1. The SMILES string of the molecule is Cl.Cl.O=c1[nH]nc(-c2ccc(C(F)(F)F)c(NCCN3CCNCC3)c2)o1. The van der Waals surface area contributed by atoms with Crippen LogP contribution in [0.15, 0.2) is 27.4 Å². The van der Waals surface area contributed by atoms with E-state index < -0.39 is 17.5 Å². The summed E-state index contributed by atoms with van der Waals surface area (Å²) in [4.78, 5) is 13.2. The number of aromatic nitrogens is 2. The van der Waals surface area contributed by atoms with Gasteiger partial charge in [-0.05, 0) is 18.2 Å². The Morgan fingerprint density at radius 3 is 2.52 bits per heavy atom. The minimum atomic E-state index is -4.48. The molecule has 0 unspecified atom stereocenters. The van der Waals surface area contributed by atoms with Gasteiger partial charge >= 0.3 is 11.9 Å². The number of nitrogens with one attached hydrogen (secondary N) is 3. The Balaban J connectivity index is 0.00000182. The number of alkyl halides is 3. The van der Waals surface area contributed by atoms with Crippen LogP contribution in [0.25, 0.3) is 11.5 Å². The van der Waals surface area contributed by atoms with Gasteiger partial charge in [0.25, 0.3) is 0 Å². The summed E-state index contributed by atoms with van der Waals surface area (Å²) in [6.45, 7) is 4.50. The molecule has 2 heterocycles. The molecule has 1 saturated heterocycles.